The van der Waals surface area contributed by atoms with E-state index in [2.05, 4.69) is 12.8 Å². The monoisotopic (exact) mass is 312 g/mol. The molecule has 3 N–H and O–H groups in total. The zero-order valence-corrected chi connectivity index (χ0v) is 13.5. The van der Waals surface area contributed by atoms with Crippen LogP contribution >= 0.6 is 0 Å². The summed E-state index contributed by atoms with van der Waals surface area (Å²) in [6.07, 6.45) is 9.16. The number of phenols is 1. The zero-order valence-electron chi connectivity index (χ0n) is 13.5. The number of hydrogen-bond donors (Lipinski definition) is 3. The average Bonchev–Trinajstić information content (AvgIpc) is 2.78. The number of aliphatic hydroxyl groups is 2. The molecule has 0 radical (unpaired) electrons. The van der Waals surface area contributed by atoms with Gasteiger partial charge in [-0.2, -0.15) is 0 Å². The molecule has 4 rings (SSSR count). The summed E-state index contributed by atoms with van der Waals surface area (Å²) in [6, 6.07) is 5.52. The summed E-state index contributed by atoms with van der Waals surface area (Å²) < 4.78 is 0. The van der Waals surface area contributed by atoms with E-state index in [9.17, 15) is 15.3 Å². The van der Waals surface area contributed by atoms with Crippen LogP contribution in [0.4, 0.5) is 0 Å². The van der Waals surface area contributed by atoms with E-state index in [4.69, 9.17) is 6.42 Å². The average molecular weight is 312 g/mol. The van der Waals surface area contributed by atoms with E-state index in [1.807, 2.05) is 12.1 Å². The summed E-state index contributed by atoms with van der Waals surface area (Å²) in [6.45, 7) is 2.07. The Kier molecular flexibility index (Phi) is 3.11. The van der Waals surface area contributed by atoms with Gasteiger partial charge in [0.15, 0.2) is 0 Å². The molecule has 0 aliphatic heterocycles. The van der Waals surface area contributed by atoms with E-state index >= 15 is 0 Å². The Bertz CT molecular complexity index is 691. The van der Waals surface area contributed by atoms with E-state index in [-0.39, 0.29) is 5.92 Å². The van der Waals surface area contributed by atoms with Crippen molar-refractivity contribution in [1.29, 1.82) is 0 Å². The molecule has 0 unspecified atom stereocenters. The predicted octanol–water partition coefficient (Wildman–Crippen LogP) is 2.58. The molecule has 23 heavy (non-hydrogen) atoms. The molecular formula is C20H24O3. The summed E-state index contributed by atoms with van der Waals surface area (Å²) in [4.78, 5) is 0. The molecule has 0 spiro atoms. The van der Waals surface area contributed by atoms with Gasteiger partial charge in [-0.05, 0) is 67.2 Å². The third kappa shape index (κ3) is 1.86. The largest absolute Gasteiger partial charge is 0.508 e. The van der Waals surface area contributed by atoms with Gasteiger partial charge < -0.3 is 15.3 Å². The number of aromatic hydroxyl groups is 1. The summed E-state index contributed by atoms with van der Waals surface area (Å²) in [5.74, 6) is 3.72. The third-order valence-electron chi connectivity index (χ3n) is 7.08. The topological polar surface area (TPSA) is 60.7 Å². The lowest BCUT2D eigenvalue weighted by Crippen LogP contribution is -2.54. The van der Waals surface area contributed by atoms with Crippen LogP contribution in [-0.4, -0.2) is 27.0 Å². The number of rotatable bonds is 0. The smallest absolute Gasteiger partial charge is 0.130 e. The molecule has 0 saturated heterocycles. The molecule has 3 nitrogen and oxygen atoms in total. The maximum absolute atomic E-state index is 10.9. The van der Waals surface area contributed by atoms with Crippen LogP contribution in [0, 0.1) is 29.6 Å². The van der Waals surface area contributed by atoms with Crippen LogP contribution in [0.2, 0.25) is 0 Å². The highest BCUT2D eigenvalue weighted by molar-refractivity contribution is 5.41. The third-order valence-corrected chi connectivity index (χ3v) is 7.08. The molecule has 6 atom stereocenters. The first-order valence-corrected chi connectivity index (χ1v) is 8.59. The lowest BCUT2D eigenvalue weighted by Gasteiger charge is -2.54. The quantitative estimate of drug-likeness (QED) is 0.645. The molecule has 1 aromatic rings. The maximum atomic E-state index is 10.9. The minimum absolute atomic E-state index is 0.0950. The van der Waals surface area contributed by atoms with Gasteiger partial charge in [-0.1, -0.05) is 18.9 Å². The fourth-order valence-electron chi connectivity index (χ4n) is 5.89. The first kappa shape index (κ1) is 15.1. The highest BCUT2D eigenvalue weighted by Gasteiger charge is 2.63. The minimum atomic E-state index is -1.10. The van der Waals surface area contributed by atoms with Gasteiger partial charge in [0.1, 0.15) is 11.4 Å². The van der Waals surface area contributed by atoms with E-state index in [1.165, 1.54) is 5.56 Å². The second kappa shape index (κ2) is 4.75. The van der Waals surface area contributed by atoms with Crippen LogP contribution < -0.4 is 0 Å². The molecule has 0 heterocycles. The van der Waals surface area contributed by atoms with Crippen molar-refractivity contribution >= 4 is 0 Å². The molecule has 122 valence electrons. The van der Waals surface area contributed by atoms with Crippen molar-refractivity contribution in [1.82, 2.24) is 0 Å². The second-order valence-corrected chi connectivity index (χ2v) is 7.95. The molecule has 0 aromatic heterocycles. The number of hydrogen-bond acceptors (Lipinski definition) is 3. The molecule has 2 fully saturated rings. The van der Waals surface area contributed by atoms with Crippen molar-refractivity contribution < 1.29 is 15.3 Å². The number of benzene rings is 1. The summed E-state index contributed by atoms with van der Waals surface area (Å²) in [5.41, 5.74) is 0.819. The van der Waals surface area contributed by atoms with E-state index in [0.717, 1.165) is 24.8 Å². The van der Waals surface area contributed by atoms with E-state index in [0.29, 0.717) is 30.4 Å². The zero-order chi connectivity index (χ0) is 16.4. The summed E-state index contributed by atoms with van der Waals surface area (Å²) in [5, 5.41) is 31.6. The Morgan fingerprint density at radius 1 is 1.30 bits per heavy atom. The van der Waals surface area contributed by atoms with Crippen molar-refractivity contribution in [3.8, 4) is 18.1 Å². The summed E-state index contributed by atoms with van der Waals surface area (Å²) >= 11 is 0. The Morgan fingerprint density at radius 3 is 2.83 bits per heavy atom. The van der Waals surface area contributed by atoms with Crippen molar-refractivity contribution in [2.75, 3.05) is 0 Å². The second-order valence-electron chi connectivity index (χ2n) is 7.95. The van der Waals surface area contributed by atoms with Crippen molar-refractivity contribution in [2.24, 2.45) is 17.3 Å². The lowest BCUT2D eigenvalue weighted by molar-refractivity contribution is -0.107. The Labute approximate surface area is 137 Å². The molecule has 2 saturated carbocycles. The van der Waals surface area contributed by atoms with Gasteiger partial charge in [0, 0.05) is 11.3 Å². The van der Waals surface area contributed by atoms with Crippen LogP contribution in [0.15, 0.2) is 18.2 Å². The van der Waals surface area contributed by atoms with Crippen LogP contribution in [0.5, 0.6) is 5.75 Å². The normalized spacial score (nSPS) is 44.8. The molecule has 0 bridgehead atoms. The van der Waals surface area contributed by atoms with Gasteiger partial charge in [-0.15, -0.1) is 6.42 Å². The number of aliphatic hydroxyl groups excluding tert-OH is 1. The lowest BCUT2D eigenvalue weighted by atomic mass is 9.52. The number of fused-ring (bicyclic) bond motifs is 5. The van der Waals surface area contributed by atoms with Gasteiger partial charge in [0.05, 0.1) is 6.10 Å². The fraction of sp³-hybridized carbons (Fsp3) is 0.600. The molecule has 0 amide bonds. The summed E-state index contributed by atoms with van der Waals surface area (Å²) in [7, 11) is 0. The van der Waals surface area contributed by atoms with Gasteiger partial charge in [0.25, 0.3) is 0 Å². The van der Waals surface area contributed by atoms with Crippen molar-refractivity contribution in [3.63, 3.8) is 0 Å². The van der Waals surface area contributed by atoms with Gasteiger partial charge in [-0.25, -0.2) is 0 Å². The van der Waals surface area contributed by atoms with Gasteiger partial charge >= 0.3 is 0 Å². The maximum Gasteiger partial charge on any atom is 0.130 e. The standard InChI is InChI=1S/C20H24O3/c1-3-20(23)9-8-16-15-6-4-12-10-13(21)5-7-14(12)18(15)17(22)11-19(16,20)2/h1,5,7,10,15-18,21-23H,4,6,8-9,11H2,2H3/t15-,16-,17-,18+,19-,20-/m0/s1. The number of aryl methyl sites for hydroxylation is 1. The SMILES string of the molecule is C#C[C@]1(O)CC[C@H]2[C@@H]3CCc4cc(O)ccc4[C@H]3[C@@H](O)C[C@@]21C. The van der Waals surface area contributed by atoms with Gasteiger partial charge in [-0.3, -0.25) is 0 Å². The molecular weight excluding hydrogens is 288 g/mol. The van der Waals surface area contributed by atoms with Crippen LogP contribution in [0.1, 0.15) is 49.7 Å². The Balaban J connectivity index is 1.77. The number of phenolic OH excluding ortho intramolecular Hbond substituents is 1. The first-order valence-electron chi connectivity index (χ1n) is 8.59. The Hall–Kier alpha value is -1.50. The van der Waals surface area contributed by atoms with Crippen LogP contribution in [0.25, 0.3) is 0 Å². The highest BCUT2D eigenvalue weighted by Crippen LogP contribution is 2.64. The molecule has 1 aromatic carbocycles. The van der Waals surface area contributed by atoms with E-state index in [1.54, 1.807) is 6.07 Å². The predicted molar refractivity (Wildman–Crippen MR) is 87.9 cm³/mol. The molecule has 3 heteroatoms. The first-order chi connectivity index (χ1) is 10.9. The highest BCUT2D eigenvalue weighted by atomic mass is 16.3. The Morgan fingerprint density at radius 2 is 2.09 bits per heavy atom. The van der Waals surface area contributed by atoms with Crippen LogP contribution in [0.3, 0.4) is 0 Å². The minimum Gasteiger partial charge on any atom is -0.508 e. The molecule has 3 aliphatic carbocycles. The van der Waals surface area contributed by atoms with E-state index < -0.39 is 17.1 Å². The van der Waals surface area contributed by atoms with Crippen LogP contribution in [-0.2, 0) is 6.42 Å². The van der Waals surface area contributed by atoms with Gasteiger partial charge in [0.2, 0.25) is 0 Å². The molecule has 3 aliphatic rings. The number of terminal acetylenes is 1. The van der Waals surface area contributed by atoms with Crippen molar-refractivity contribution in [3.05, 3.63) is 29.3 Å². The fourth-order valence-corrected chi connectivity index (χ4v) is 5.89. The van der Waals surface area contributed by atoms with Crippen molar-refractivity contribution in [2.45, 2.75) is 56.7 Å².